The molecule has 1 amide bonds. The summed E-state index contributed by atoms with van der Waals surface area (Å²) in [6.07, 6.45) is 0.0588. The minimum atomic E-state index is -3.33. The molecule has 1 N–H and O–H groups in total. The maximum absolute atomic E-state index is 12.3. The number of rotatable bonds is 6. The van der Waals surface area contributed by atoms with Gasteiger partial charge in [0.2, 0.25) is 11.8 Å². The Morgan fingerprint density at radius 3 is 2.38 bits per heavy atom. The first-order valence-electron chi connectivity index (χ1n) is 9.20. The Morgan fingerprint density at radius 2 is 1.76 bits per heavy atom. The summed E-state index contributed by atoms with van der Waals surface area (Å²) in [4.78, 5) is 12.5. The smallest absolute Gasteiger partial charge is 0.322 e. The summed E-state index contributed by atoms with van der Waals surface area (Å²) in [5.41, 5.74) is 3.62. The molecule has 0 radical (unpaired) electrons. The monoisotopic (exact) mass is 413 g/mol. The summed E-state index contributed by atoms with van der Waals surface area (Å²) in [5, 5.41) is 9.95. The minimum absolute atomic E-state index is 0.0176. The third kappa shape index (κ3) is 4.71. The fourth-order valence-corrected chi connectivity index (χ4v) is 3.91. The maximum Gasteiger partial charge on any atom is 0.322 e. The summed E-state index contributed by atoms with van der Waals surface area (Å²) < 4.78 is 29.9. The number of hydrogen-bond acceptors (Lipinski definition) is 6. The summed E-state index contributed by atoms with van der Waals surface area (Å²) in [5.74, 6) is 0.00124. The first-order valence-corrected chi connectivity index (χ1v) is 10.8. The van der Waals surface area contributed by atoms with Crippen molar-refractivity contribution in [3.05, 3.63) is 59.2 Å². The Morgan fingerprint density at radius 1 is 1.07 bits per heavy atom. The predicted molar refractivity (Wildman–Crippen MR) is 110 cm³/mol. The van der Waals surface area contributed by atoms with E-state index < -0.39 is 15.1 Å². The van der Waals surface area contributed by atoms with E-state index in [0.717, 1.165) is 16.7 Å². The highest BCUT2D eigenvalue weighted by atomic mass is 32.2. The van der Waals surface area contributed by atoms with E-state index in [1.807, 2.05) is 32.0 Å². The lowest BCUT2D eigenvalue weighted by atomic mass is 10.1. The molecule has 0 aliphatic heterocycles. The number of nitrogens with zero attached hydrogens (tertiary/aromatic N) is 2. The van der Waals surface area contributed by atoms with Gasteiger partial charge >= 0.3 is 6.01 Å². The number of carbonyl (C=O) groups excluding carboxylic acids is 1. The maximum atomic E-state index is 12.3. The van der Waals surface area contributed by atoms with Crippen LogP contribution in [0.1, 0.15) is 30.5 Å². The highest BCUT2D eigenvalue weighted by Crippen LogP contribution is 2.24. The molecule has 0 aliphatic carbocycles. The number of aryl methyl sites for hydroxylation is 2. The van der Waals surface area contributed by atoms with Crippen LogP contribution in [0.2, 0.25) is 0 Å². The van der Waals surface area contributed by atoms with Gasteiger partial charge in [-0.25, -0.2) is 8.42 Å². The average molecular weight is 413 g/mol. The quantitative estimate of drug-likeness (QED) is 0.661. The zero-order valence-corrected chi connectivity index (χ0v) is 17.6. The number of hydrogen-bond donors (Lipinski definition) is 1. The lowest BCUT2D eigenvalue weighted by Crippen LogP contribution is -2.16. The summed E-state index contributed by atoms with van der Waals surface area (Å²) in [6.45, 7) is 7.22. The third-order valence-corrected chi connectivity index (χ3v) is 6.69. The van der Waals surface area contributed by atoms with Crippen LogP contribution in [0.5, 0.6) is 0 Å². The second-order valence-electron chi connectivity index (χ2n) is 7.19. The zero-order valence-electron chi connectivity index (χ0n) is 16.8. The van der Waals surface area contributed by atoms with Gasteiger partial charge in [0.15, 0.2) is 9.84 Å². The second kappa shape index (κ2) is 8.16. The molecule has 0 bridgehead atoms. The van der Waals surface area contributed by atoms with Crippen molar-refractivity contribution in [1.82, 2.24) is 10.2 Å². The van der Waals surface area contributed by atoms with E-state index in [4.69, 9.17) is 4.42 Å². The van der Waals surface area contributed by atoms with E-state index in [9.17, 15) is 13.2 Å². The molecule has 0 saturated heterocycles. The van der Waals surface area contributed by atoms with Crippen LogP contribution in [-0.2, 0) is 21.1 Å². The molecule has 7 nitrogen and oxygen atoms in total. The van der Waals surface area contributed by atoms with Crippen molar-refractivity contribution in [3.63, 3.8) is 0 Å². The van der Waals surface area contributed by atoms with E-state index in [2.05, 4.69) is 15.5 Å². The second-order valence-corrected chi connectivity index (χ2v) is 9.70. The molecular weight excluding hydrogens is 390 g/mol. The molecule has 1 heterocycles. The number of amides is 1. The Kier molecular flexibility index (Phi) is 5.83. The molecule has 3 aromatic rings. The zero-order chi connectivity index (χ0) is 21.2. The van der Waals surface area contributed by atoms with Crippen molar-refractivity contribution >= 4 is 21.8 Å². The van der Waals surface area contributed by atoms with Crippen molar-refractivity contribution in [2.75, 3.05) is 5.32 Å². The molecule has 0 saturated carbocycles. The predicted octanol–water partition coefficient (Wildman–Crippen LogP) is 3.72. The van der Waals surface area contributed by atoms with Gasteiger partial charge in [-0.15, -0.1) is 5.10 Å². The molecule has 3 rings (SSSR count). The van der Waals surface area contributed by atoms with Gasteiger partial charge in [0.1, 0.15) is 0 Å². The van der Waals surface area contributed by atoms with Crippen LogP contribution < -0.4 is 5.32 Å². The van der Waals surface area contributed by atoms with E-state index in [0.29, 0.717) is 11.5 Å². The van der Waals surface area contributed by atoms with E-state index in [1.54, 1.807) is 26.0 Å². The van der Waals surface area contributed by atoms with E-state index in [-0.39, 0.29) is 23.2 Å². The van der Waals surface area contributed by atoms with Crippen molar-refractivity contribution < 1.29 is 17.6 Å². The molecule has 0 unspecified atom stereocenters. The van der Waals surface area contributed by atoms with Crippen LogP contribution in [0.3, 0.4) is 0 Å². The molecule has 0 atom stereocenters. The summed E-state index contributed by atoms with van der Waals surface area (Å²) >= 11 is 0. The Bertz CT molecular complexity index is 1130. The van der Waals surface area contributed by atoms with Crippen LogP contribution in [-0.4, -0.2) is 29.8 Å². The molecule has 0 fully saturated rings. The number of benzene rings is 2. The number of nitrogens with one attached hydrogen (secondary N) is 1. The number of aromatic nitrogens is 2. The van der Waals surface area contributed by atoms with Gasteiger partial charge in [-0.2, -0.15) is 0 Å². The molecule has 2 aromatic carbocycles. The largest absolute Gasteiger partial charge is 0.403 e. The van der Waals surface area contributed by atoms with Crippen LogP contribution in [0.15, 0.2) is 51.8 Å². The number of carbonyl (C=O) groups is 1. The molecule has 8 heteroatoms. The molecule has 29 heavy (non-hydrogen) atoms. The molecule has 0 spiro atoms. The van der Waals surface area contributed by atoms with Crippen molar-refractivity contribution in [3.8, 4) is 11.5 Å². The van der Waals surface area contributed by atoms with Crippen molar-refractivity contribution in [2.24, 2.45) is 0 Å². The van der Waals surface area contributed by atoms with E-state index >= 15 is 0 Å². The Hall–Kier alpha value is -3.00. The van der Waals surface area contributed by atoms with Crippen LogP contribution >= 0.6 is 0 Å². The SMILES string of the molecule is Cc1ccc(-c2nnc(NC(=O)Cc3ccc(S(=O)(=O)C(C)C)cc3)o2)c(C)c1. The first-order chi connectivity index (χ1) is 13.7. The Balaban J connectivity index is 1.66. The first kappa shape index (κ1) is 20.7. The topological polar surface area (TPSA) is 102 Å². The van der Waals surface area contributed by atoms with Gasteiger partial charge in [0, 0.05) is 5.56 Å². The van der Waals surface area contributed by atoms with Crippen molar-refractivity contribution in [1.29, 1.82) is 0 Å². The lowest BCUT2D eigenvalue weighted by molar-refractivity contribution is -0.115. The standard InChI is InChI=1S/C21H23N3O4S/c1-13(2)29(26,27)17-8-6-16(7-9-17)12-19(25)22-21-24-23-20(28-21)18-10-5-14(3)11-15(18)4/h5-11,13H,12H2,1-4H3,(H,22,24,25). The third-order valence-electron chi connectivity index (χ3n) is 4.52. The summed E-state index contributed by atoms with van der Waals surface area (Å²) in [6, 6.07) is 12.2. The van der Waals surface area contributed by atoms with Gasteiger partial charge < -0.3 is 4.42 Å². The fraction of sp³-hybridized carbons (Fsp3) is 0.286. The highest BCUT2D eigenvalue weighted by Gasteiger charge is 2.19. The molecular formula is C21H23N3O4S. The molecule has 0 aliphatic rings. The minimum Gasteiger partial charge on any atom is -0.403 e. The van der Waals surface area contributed by atoms with Gasteiger partial charge in [0.05, 0.1) is 16.6 Å². The summed E-state index contributed by atoms with van der Waals surface area (Å²) in [7, 11) is -3.33. The number of anilines is 1. The fourth-order valence-electron chi connectivity index (χ4n) is 2.85. The van der Waals surface area contributed by atoms with Crippen molar-refractivity contribution in [2.45, 2.75) is 44.3 Å². The van der Waals surface area contributed by atoms with Gasteiger partial charge in [0.25, 0.3) is 0 Å². The van der Waals surface area contributed by atoms with Crippen LogP contribution in [0, 0.1) is 13.8 Å². The molecule has 152 valence electrons. The van der Waals surface area contributed by atoms with Gasteiger partial charge in [-0.3, -0.25) is 10.1 Å². The lowest BCUT2D eigenvalue weighted by Gasteiger charge is -2.08. The normalized spacial score (nSPS) is 11.6. The molecule has 1 aromatic heterocycles. The average Bonchev–Trinajstić information content (AvgIpc) is 3.10. The highest BCUT2D eigenvalue weighted by molar-refractivity contribution is 7.92. The van der Waals surface area contributed by atoms with Gasteiger partial charge in [-0.05, 0) is 57.0 Å². The van der Waals surface area contributed by atoms with Gasteiger partial charge in [-0.1, -0.05) is 34.9 Å². The van der Waals surface area contributed by atoms with Crippen LogP contribution in [0.4, 0.5) is 6.01 Å². The Labute approximate surface area is 170 Å². The van der Waals surface area contributed by atoms with E-state index in [1.165, 1.54) is 12.1 Å². The van der Waals surface area contributed by atoms with Crippen LogP contribution in [0.25, 0.3) is 11.5 Å². The number of sulfone groups is 1.